The van der Waals surface area contributed by atoms with Gasteiger partial charge in [0.25, 0.3) is 5.91 Å². The average Bonchev–Trinajstić information content (AvgIpc) is 3.31. The van der Waals surface area contributed by atoms with Gasteiger partial charge in [0.1, 0.15) is 18.2 Å². The summed E-state index contributed by atoms with van der Waals surface area (Å²) in [5.41, 5.74) is 1.74. The topological polar surface area (TPSA) is 106 Å². The van der Waals surface area contributed by atoms with Gasteiger partial charge in [-0.2, -0.15) is 4.31 Å². The van der Waals surface area contributed by atoms with E-state index in [2.05, 4.69) is 10.3 Å². The Balaban J connectivity index is 1.54. The molecule has 10 heteroatoms. The highest BCUT2D eigenvalue weighted by atomic mass is 32.2. The molecule has 8 nitrogen and oxygen atoms in total. The highest BCUT2D eigenvalue weighted by Crippen LogP contribution is 2.23. The molecule has 0 radical (unpaired) electrons. The van der Waals surface area contributed by atoms with Crippen LogP contribution in [0, 0.1) is 0 Å². The number of nitrogens with zero attached hydrogens (tertiary/aromatic N) is 2. The van der Waals surface area contributed by atoms with Crippen LogP contribution in [0.1, 0.15) is 29.9 Å². The average molecular weight is 488 g/mol. The van der Waals surface area contributed by atoms with Crippen LogP contribution >= 0.6 is 11.3 Å². The van der Waals surface area contributed by atoms with E-state index in [0.717, 1.165) is 10.6 Å². The molecule has 0 unspecified atom stereocenters. The van der Waals surface area contributed by atoms with Crippen molar-refractivity contribution >= 4 is 33.2 Å². The molecule has 0 aliphatic rings. The largest absolute Gasteiger partial charge is 0.458 e. The second-order valence-corrected chi connectivity index (χ2v) is 9.77. The summed E-state index contributed by atoms with van der Waals surface area (Å²) < 4.78 is 31.8. The number of aromatic nitrogens is 1. The molecule has 1 amide bonds. The van der Waals surface area contributed by atoms with Crippen LogP contribution in [-0.2, 0) is 26.2 Å². The number of esters is 1. The van der Waals surface area contributed by atoms with Gasteiger partial charge in [-0.3, -0.25) is 9.59 Å². The van der Waals surface area contributed by atoms with E-state index in [-0.39, 0.29) is 23.6 Å². The summed E-state index contributed by atoms with van der Waals surface area (Å²) in [6.07, 6.45) is 0. The van der Waals surface area contributed by atoms with Crippen molar-refractivity contribution in [2.24, 2.45) is 0 Å². The summed E-state index contributed by atoms with van der Waals surface area (Å²) in [5, 5.41) is 5.11. The molecule has 2 aromatic carbocycles. The molecular formula is C23H25N3O5S2. The number of hydrogen-bond donors (Lipinski definition) is 1. The minimum absolute atomic E-state index is 0.00433. The number of ether oxygens (including phenoxy) is 1. The molecule has 3 aromatic rings. The lowest BCUT2D eigenvalue weighted by Crippen LogP contribution is -2.32. The maximum atomic E-state index is 12.7. The summed E-state index contributed by atoms with van der Waals surface area (Å²) in [6, 6.07) is 15.4. The molecule has 0 aliphatic carbocycles. The highest BCUT2D eigenvalue weighted by Gasteiger charge is 2.22. The summed E-state index contributed by atoms with van der Waals surface area (Å²) in [5.74, 6) is -1.19. The van der Waals surface area contributed by atoms with Gasteiger partial charge >= 0.3 is 5.97 Å². The lowest BCUT2D eigenvalue weighted by molar-refractivity contribution is -0.143. The molecule has 174 valence electrons. The third-order valence-electron chi connectivity index (χ3n) is 4.79. The number of hydrogen-bond acceptors (Lipinski definition) is 7. The number of carbonyl (C=O) groups excluding carboxylic acids is 2. The van der Waals surface area contributed by atoms with Gasteiger partial charge in [-0.15, -0.1) is 11.3 Å². The fourth-order valence-electron chi connectivity index (χ4n) is 3.06. The van der Waals surface area contributed by atoms with Gasteiger partial charge in [-0.1, -0.05) is 50.2 Å². The van der Waals surface area contributed by atoms with E-state index in [1.54, 1.807) is 13.8 Å². The van der Waals surface area contributed by atoms with Crippen LogP contribution < -0.4 is 5.32 Å². The Morgan fingerprint density at radius 3 is 2.48 bits per heavy atom. The van der Waals surface area contributed by atoms with E-state index >= 15 is 0 Å². The second kappa shape index (κ2) is 11.2. The molecule has 0 aliphatic heterocycles. The molecule has 1 heterocycles. The van der Waals surface area contributed by atoms with E-state index in [0.29, 0.717) is 18.8 Å². The van der Waals surface area contributed by atoms with Crippen molar-refractivity contribution in [1.82, 2.24) is 14.6 Å². The van der Waals surface area contributed by atoms with Crippen LogP contribution in [0.2, 0.25) is 0 Å². The number of carbonyl (C=O) groups is 2. The van der Waals surface area contributed by atoms with Gasteiger partial charge in [-0.05, 0) is 18.2 Å². The summed E-state index contributed by atoms with van der Waals surface area (Å²) in [6.45, 7) is 3.80. The summed E-state index contributed by atoms with van der Waals surface area (Å²) in [7, 11) is -3.69. The molecule has 0 bridgehead atoms. The fraction of sp³-hybridized carbons (Fsp3) is 0.261. The normalized spacial score (nSPS) is 11.4. The number of benzene rings is 2. The van der Waals surface area contributed by atoms with Crippen LogP contribution in [0.25, 0.3) is 10.6 Å². The number of amides is 1. The molecule has 0 atom stereocenters. The highest BCUT2D eigenvalue weighted by molar-refractivity contribution is 7.89. The molecule has 1 aromatic heterocycles. The van der Waals surface area contributed by atoms with Crippen molar-refractivity contribution in [3.8, 4) is 10.6 Å². The number of thiazole rings is 1. The van der Waals surface area contributed by atoms with Crippen molar-refractivity contribution < 1.29 is 22.7 Å². The van der Waals surface area contributed by atoms with Gasteiger partial charge < -0.3 is 10.1 Å². The van der Waals surface area contributed by atoms with Gasteiger partial charge in [0.15, 0.2) is 0 Å². The fourth-order valence-corrected chi connectivity index (χ4v) is 5.37. The molecule has 0 fully saturated rings. The zero-order chi connectivity index (χ0) is 23.8. The van der Waals surface area contributed by atoms with E-state index in [9.17, 15) is 18.0 Å². The minimum atomic E-state index is -3.69. The molecule has 0 saturated carbocycles. The predicted octanol–water partition coefficient (Wildman–Crippen LogP) is 3.31. The van der Waals surface area contributed by atoms with Crippen molar-refractivity contribution in [3.63, 3.8) is 0 Å². The lowest BCUT2D eigenvalue weighted by atomic mass is 10.2. The Bertz CT molecular complexity index is 1210. The quantitative estimate of drug-likeness (QED) is 0.440. The summed E-state index contributed by atoms with van der Waals surface area (Å²) >= 11 is 1.45. The Morgan fingerprint density at radius 1 is 1.06 bits per heavy atom. The van der Waals surface area contributed by atoms with E-state index in [4.69, 9.17) is 4.74 Å². The third-order valence-corrected chi connectivity index (χ3v) is 7.77. The smallest absolute Gasteiger partial charge is 0.325 e. The first-order valence-electron chi connectivity index (χ1n) is 10.4. The zero-order valence-corrected chi connectivity index (χ0v) is 20.0. The standard InChI is InChI=1S/C23H25N3O5S2/c1-3-26(4-2)33(29,30)20-12-8-11-18(13-20)22(28)24-14-21(27)31-15-19-16-32-23(25-19)17-9-6-5-7-10-17/h5-13,16H,3-4,14-15H2,1-2H3,(H,24,28). The van der Waals surface area contributed by atoms with E-state index in [1.165, 1.54) is 39.9 Å². The third kappa shape index (κ3) is 6.25. The van der Waals surface area contributed by atoms with E-state index in [1.807, 2.05) is 35.7 Å². The van der Waals surface area contributed by atoms with Crippen LogP contribution in [0.3, 0.4) is 0 Å². The van der Waals surface area contributed by atoms with Crippen molar-refractivity contribution in [3.05, 3.63) is 71.2 Å². The molecule has 1 N–H and O–H groups in total. The van der Waals surface area contributed by atoms with Crippen molar-refractivity contribution in [2.45, 2.75) is 25.3 Å². The Labute approximate surface area is 197 Å². The molecule has 33 heavy (non-hydrogen) atoms. The predicted molar refractivity (Wildman–Crippen MR) is 126 cm³/mol. The lowest BCUT2D eigenvalue weighted by Gasteiger charge is -2.18. The minimum Gasteiger partial charge on any atom is -0.458 e. The van der Waals surface area contributed by atoms with Crippen LogP contribution in [0.15, 0.2) is 64.9 Å². The van der Waals surface area contributed by atoms with Crippen molar-refractivity contribution in [1.29, 1.82) is 0 Å². The Morgan fingerprint density at radius 2 is 1.79 bits per heavy atom. The van der Waals surface area contributed by atoms with Crippen LogP contribution in [-0.4, -0.2) is 49.2 Å². The Hall–Kier alpha value is -3.08. The monoisotopic (exact) mass is 487 g/mol. The number of rotatable bonds is 10. The molecule has 0 saturated heterocycles. The summed E-state index contributed by atoms with van der Waals surface area (Å²) in [4.78, 5) is 29.0. The van der Waals surface area contributed by atoms with Gasteiger partial charge in [0.05, 0.1) is 10.6 Å². The first kappa shape index (κ1) is 24.6. The molecule has 3 rings (SSSR count). The van der Waals surface area contributed by atoms with Crippen molar-refractivity contribution in [2.75, 3.05) is 19.6 Å². The Kier molecular flexibility index (Phi) is 8.32. The maximum absolute atomic E-state index is 12.7. The maximum Gasteiger partial charge on any atom is 0.325 e. The molecular weight excluding hydrogens is 462 g/mol. The molecule has 0 spiro atoms. The first-order valence-corrected chi connectivity index (χ1v) is 12.7. The number of sulfonamides is 1. The van der Waals surface area contributed by atoms with E-state index < -0.39 is 21.9 Å². The van der Waals surface area contributed by atoms with Crippen LogP contribution in [0.5, 0.6) is 0 Å². The zero-order valence-electron chi connectivity index (χ0n) is 18.4. The van der Waals surface area contributed by atoms with Crippen LogP contribution in [0.4, 0.5) is 0 Å². The van der Waals surface area contributed by atoms with Gasteiger partial charge in [0, 0.05) is 29.6 Å². The van der Waals surface area contributed by atoms with Gasteiger partial charge in [0.2, 0.25) is 10.0 Å². The second-order valence-electron chi connectivity index (χ2n) is 6.97. The first-order chi connectivity index (χ1) is 15.8. The number of nitrogens with one attached hydrogen (secondary N) is 1. The SMILES string of the molecule is CCN(CC)S(=O)(=O)c1cccc(C(=O)NCC(=O)OCc2csc(-c3ccccc3)n2)c1. The van der Waals surface area contributed by atoms with Gasteiger partial charge in [-0.25, -0.2) is 13.4 Å².